The highest BCUT2D eigenvalue weighted by Crippen LogP contribution is 2.22. The van der Waals surface area contributed by atoms with Crippen LogP contribution >= 0.6 is 0 Å². The van der Waals surface area contributed by atoms with Crippen LogP contribution < -0.4 is 0 Å². The molecule has 23 heavy (non-hydrogen) atoms. The maximum atomic E-state index is 12.6. The van der Waals surface area contributed by atoms with E-state index < -0.39 is 18.6 Å². The van der Waals surface area contributed by atoms with E-state index in [0.29, 0.717) is 6.54 Å². The van der Waals surface area contributed by atoms with E-state index in [0.717, 1.165) is 30.5 Å². The molecule has 0 bridgehead atoms. The minimum absolute atomic E-state index is 0.0602. The van der Waals surface area contributed by atoms with Crippen molar-refractivity contribution < 1.29 is 18.0 Å². The van der Waals surface area contributed by atoms with Gasteiger partial charge < -0.3 is 4.90 Å². The molecule has 1 atom stereocenters. The number of benzene rings is 1. The number of alkyl halides is 3. The first kappa shape index (κ1) is 17.5. The SMILES string of the molecule is C=CC(=O)N(C[C@H]1CCN(Cc2ccccc2)C1)CC(F)(F)F. The van der Waals surface area contributed by atoms with Crippen LogP contribution in [0.3, 0.4) is 0 Å². The minimum atomic E-state index is -4.39. The number of hydrogen-bond donors (Lipinski definition) is 0. The highest BCUT2D eigenvalue weighted by Gasteiger charge is 2.34. The Morgan fingerprint density at radius 3 is 2.65 bits per heavy atom. The Kier molecular flexibility index (Phi) is 5.82. The largest absolute Gasteiger partial charge is 0.406 e. The van der Waals surface area contributed by atoms with E-state index >= 15 is 0 Å². The average molecular weight is 326 g/mol. The quantitative estimate of drug-likeness (QED) is 0.750. The average Bonchev–Trinajstić information content (AvgIpc) is 2.92. The van der Waals surface area contributed by atoms with Crippen LogP contribution in [0.25, 0.3) is 0 Å². The van der Waals surface area contributed by atoms with E-state index in [9.17, 15) is 18.0 Å². The number of amides is 1. The van der Waals surface area contributed by atoms with Crippen molar-refractivity contribution in [2.75, 3.05) is 26.2 Å². The zero-order valence-corrected chi connectivity index (χ0v) is 12.9. The van der Waals surface area contributed by atoms with Crippen LogP contribution in [-0.2, 0) is 11.3 Å². The summed E-state index contributed by atoms with van der Waals surface area (Å²) in [5, 5.41) is 0. The first-order valence-corrected chi connectivity index (χ1v) is 7.62. The second kappa shape index (κ2) is 7.64. The zero-order chi connectivity index (χ0) is 16.9. The third-order valence-electron chi connectivity index (χ3n) is 3.95. The van der Waals surface area contributed by atoms with Crippen LogP contribution in [-0.4, -0.2) is 48.1 Å². The molecule has 0 saturated carbocycles. The Morgan fingerprint density at radius 2 is 2.04 bits per heavy atom. The lowest BCUT2D eigenvalue weighted by atomic mass is 10.1. The zero-order valence-electron chi connectivity index (χ0n) is 12.9. The van der Waals surface area contributed by atoms with Crippen molar-refractivity contribution in [1.29, 1.82) is 0 Å². The summed E-state index contributed by atoms with van der Waals surface area (Å²) in [6.45, 7) is 4.51. The number of likely N-dealkylation sites (tertiary alicyclic amines) is 1. The topological polar surface area (TPSA) is 23.6 Å². The summed E-state index contributed by atoms with van der Waals surface area (Å²) in [4.78, 5) is 14.7. The fourth-order valence-corrected chi connectivity index (χ4v) is 2.94. The van der Waals surface area contributed by atoms with Crippen LogP contribution in [0.5, 0.6) is 0 Å². The van der Waals surface area contributed by atoms with E-state index in [1.165, 1.54) is 5.56 Å². The van der Waals surface area contributed by atoms with E-state index in [4.69, 9.17) is 0 Å². The molecule has 6 heteroatoms. The van der Waals surface area contributed by atoms with Gasteiger partial charge in [0.15, 0.2) is 0 Å². The summed E-state index contributed by atoms with van der Waals surface area (Å²) >= 11 is 0. The van der Waals surface area contributed by atoms with Gasteiger partial charge in [-0.05, 0) is 30.5 Å². The van der Waals surface area contributed by atoms with Gasteiger partial charge in [0, 0.05) is 19.6 Å². The maximum absolute atomic E-state index is 12.6. The van der Waals surface area contributed by atoms with Crippen LogP contribution in [0.15, 0.2) is 43.0 Å². The Balaban J connectivity index is 1.89. The van der Waals surface area contributed by atoms with Gasteiger partial charge in [-0.2, -0.15) is 13.2 Å². The van der Waals surface area contributed by atoms with Crippen molar-refractivity contribution in [1.82, 2.24) is 9.80 Å². The number of rotatable bonds is 6. The van der Waals surface area contributed by atoms with Gasteiger partial charge in [-0.3, -0.25) is 9.69 Å². The predicted molar refractivity (Wildman–Crippen MR) is 82.7 cm³/mol. The second-order valence-corrected chi connectivity index (χ2v) is 5.91. The minimum Gasteiger partial charge on any atom is -0.330 e. The lowest BCUT2D eigenvalue weighted by molar-refractivity contribution is -0.159. The molecule has 1 saturated heterocycles. The van der Waals surface area contributed by atoms with Crippen molar-refractivity contribution >= 4 is 5.91 Å². The van der Waals surface area contributed by atoms with E-state index in [1.807, 2.05) is 30.3 Å². The maximum Gasteiger partial charge on any atom is 0.406 e. The Morgan fingerprint density at radius 1 is 1.35 bits per heavy atom. The molecule has 0 aliphatic carbocycles. The van der Waals surface area contributed by atoms with Gasteiger partial charge in [-0.25, -0.2) is 0 Å². The smallest absolute Gasteiger partial charge is 0.330 e. The van der Waals surface area contributed by atoms with Crippen LogP contribution in [0.2, 0.25) is 0 Å². The Bertz CT molecular complexity index is 530. The molecule has 3 nitrogen and oxygen atoms in total. The first-order chi connectivity index (χ1) is 10.9. The third kappa shape index (κ3) is 5.71. The molecule has 1 aliphatic rings. The number of nitrogens with zero attached hydrogens (tertiary/aromatic N) is 2. The summed E-state index contributed by atoms with van der Waals surface area (Å²) in [5.74, 6) is -0.603. The fourth-order valence-electron chi connectivity index (χ4n) is 2.94. The van der Waals surface area contributed by atoms with Gasteiger partial charge in [-0.1, -0.05) is 36.9 Å². The summed E-state index contributed by atoms with van der Waals surface area (Å²) in [6.07, 6.45) is -2.64. The third-order valence-corrected chi connectivity index (χ3v) is 3.95. The monoisotopic (exact) mass is 326 g/mol. The Hall–Kier alpha value is -1.82. The predicted octanol–water partition coefficient (Wildman–Crippen LogP) is 3.09. The van der Waals surface area contributed by atoms with Gasteiger partial charge in [0.25, 0.3) is 0 Å². The van der Waals surface area contributed by atoms with E-state index in [1.54, 1.807) is 0 Å². The van der Waals surface area contributed by atoms with Crippen LogP contribution in [0, 0.1) is 5.92 Å². The summed E-state index contributed by atoms with van der Waals surface area (Å²) in [6, 6.07) is 9.95. The molecular formula is C17H21F3N2O. The molecule has 1 aromatic carbocycles. The van der Waals surface area contributed by atoms with Crippen molar-refractivity contribution in [2.45, 2.75) is 19.1 Å². The lowest BCUT2D eigenvalue weighted by Gasteiger charge is -2.26. The fraction of sp³-hybridized carbons (Fsp3) is 0.471. The van der Waals surface area contributed by atoms with Crippen molar-refractivity contribution in [3.63, 3.8) is 0 Å². The number of carbonyl (C=O) groups is 1. The molecule has 0 N–H and O–H groups in total. The molecule has 1 aliphatic heterocycles. The van der Waals surface area contributed by atoms with Crippen LogP contribution in [0.1, 0.15) is 12.0 Å². The van der Waals surface area contributed by atoms with Crippen molar-refractivity contribution in [3.8, 4) is 0 Å². The Labute approximate surface area is 134 Å². The van der Waals surface area contributed by atoms with E-state index in [-0.39, 0.29) is 12.5 Å². The highest BCUT2D eigenvalue weighted by molar-refractivity contribution is 5.87. The van der Waals surface area contributed by atoms with Gasteiger partial charge >= 0.3 is 6.18 Å². The molecular weight excluding hydrogens is 305 g/mol. The van der Waals surface area contributed by atoms with Gasteiger partial charge in [0.1, 0.15) is 6.54 Å². The molecule has 1 fully saturated rings. The molecule has 126 valence electrons. The molecule has 0 unspecified atom stereocenters. The molecule has 1 amide bonds. The van der Waals surface area contributed by atoms with Gasteiger partial charge in [0.05, 0.1) is 0 Å². The summed E-state index contributed by atoms with van der Waals surface area (Å²) in [5.41, 5.74) is 1.18. The molecule has 2 rings (SSSR count). The van der Waals surface area contributed by atoms with Gasteiger partial charge in [-0.15, -0.1) is 0 Å². The normalized spacial score (nSPS) is 18.8. The molecule has 0 spiro atoms. The number of halogens is 3. The highest BCUT2D eigenvalue weighted by atomic mass is 19.4. The van der Waals surface area contributed by atoms with Crippen molar-refractivity contribution in [2.24, 2.45) is 5.92 Å². The lowest BCUT2D eigenvalue weighted by Crippen LogP contribution is -2.41. The summed E-state index contributed by atoms with van der Waals surface area (Å²) in [7, 11) is 0. The second-order valence-electron chi connectivity index (χ2n) is 5.91. The van der Waals surface area contributed by atoms with Gasteiger partial charge in [0.2, 0.25) is 5.91 Å². The first-order valence-electron chi connectivity index (χ1n) is 7.62. The summed E-state index contributed by atoms with van der Waals surface area (Å²) < 4.78 is 37.8. The molecule has 0 aromatic heterocycles. The number of hydrogen-bond acceptors (Lipinski definition) is 2. The standard InChI is InChI=1S/C17H21F3N2O/c1-2-16(23)22(13-17(18,19)20)12-15-8-9-21(11-15)10-14-6-4-3-5-7-14/h2-7,15H,1,8-13H2/t15-/m0/s1. The number of carbonyl (C=O) groups excluding carboxylic acids is 1. The molecule has 0 radical (unpaired) electrons. The van der Waals surface area contributed by atoms with Crippen LogP contribution in [0.4, 0.5) is 13.2 Å². The van der Waals surface area contributed by atoms with Crippen molar-refractivity contribution in [3.05, 3.63) is 48.6 Å². The molecule has 1 heterocycles. The van der Waals surface area contributed by atoms with E-state index in [2.05, 4.69) is 11.5 Å². The molecule has 1 aromatic rings.